The summed E-state index contributed by atoms with van der Waals surface area (Å²) < 4.78 is 6.04. The zero-order valence-electron chi connectivity index (χ0n) is 18.3. The molecule has 1 aromatic carbocycles. The van der Waals surface area contributed by atoms with Crippen molar-refractivity contribution in [1.29, 1.82) is 0 Å². The molecular weight excluding hydrogens is 360 g/mol. The number of carbonyl (C=O) groups excluding carboxylic acids is 1. The van der Waals surface area contributed by atoms with Gasteiger partial charge in [0.2, 0.25) is 0 Å². The monoisotopic (exact) mass is 392 g/mol. The van der Waals surface area contributed by atoms with Gasteiger partial charge in [-0.25, -0.2) is 0 Å². The Morgan fingerprint density at radius 1 is 1.24 bits per heavy atom. The van der Waals surface area contributed by atoms with Crippen LogP contribution in [0.3, 0.4) is 0 Å². The average molecular weight is 393 g/mol. The van der Waals surface area contributed by atoms with Crippen LogP contribution in [0.2, 0.25) is 0 Å². The molecule has 2 aliphatic rings. The number of ketones is 1. The van der Waals surface area contributed by atoms with Gasteiger partial charge in [0.1, 0.15) is 12.4 Å². The summed E-state index contributed by atoms with van der Waals surface area (Å²) in [5, 5.41) is 2.18. The highest BCUT2D eigenvalue weighted by Gasteiger charge is 2.39. The first-order valence-corrected chi connectivity index (χ1v) is 10.9. The molecule has 0 radical (unpaired) electrons. The third-order valence-corrected chi connectivity index (χ3v) is 6.55. The number of likely N-dealkylation sites (N-methyl/N-ethyl adjacent to an activating group) is 1. The summed E-state index contributed by atoms with van der Waals surface area (Å²) in [4.78, 5) is 19.3. The Morgan fingerprint density at radius 3 is 2.72 bits per heavy atom. The molecule has 1 heterocycles. The van der Waals surface area contributed by atoms with E-state index in [2.05, 4.69) is 62.7 Å². The molecule has 4 nitrogen and oxygen atoms in total. The first-order chi connectivity index (χ1) is 13.9. The SMILES string of the molecule is CCN(CC)CCOc1ccc2c(c1)C(C)(C)c1[nH]c3c(c1C2=O)=CCC(C)C=3. The average Bonchev–Trinajstić information content (AvgIpc) is 3.09. The minimum Gasteiger partial charge on any atom is -0.492 e. The third-order valence-electron chi connectivity index (χ3n) is 6.55. The summed E-state index contributed by atoms with van der Waals surface area (Å²) in [5.41, 5.74) is 3.45. The molecule has 1 aromatic heterocycles. The van der Waals surface area contributed by atoms with Crippen LogP contribution in [0, 0.1) is 5.92 Å². The van der Waals surface area contributed by atoms with Gasteiger partial charge in [-0.1, -0.05) is 46.8 Å². The molecule has 0 spiro atoms. The lowest BCUT2D eigenvalue weighted by Crippen LogP contribution is -2.34. The van der Waals surface area contributed by atoms with Crippen LogP contribution in [0.5, 0.6) is 5.75 Å². The van der Waals surface area contributed by atoms with Gasteiger partial charge in [-0.2, -0.15) is 0 Å². The van der Waals surface area contributed by atoms with Gasteiger partial charge in [-0.05, 0) is 49.2 Å². The smallest absolute Gasteiger partial charge is 0.195 e. The number of fused-ring (bicyclic) bond motifs is 4. The maximum Gasteiger partial charge on any atom is 0.195 e. The number of benzene rings is 1. The maximum absolute atomic E-state index is 13.4. The number of H-pyrrole nitrogens is 1. The maximum atomic E-state index is 13.4. The van der Waals surface area contributed by atoms with Crippen molar-refractivity contribution in [1.82, 2.24) is 9.88 Å². The van der Waals surface area contributed by atoms with Gasteiger partial charge in [0.25, 0.3) is 0 Å². The molecular formula is C25H32N2O2. The molecule has 0 saturated heterocycles. The number of nitrogens with zero attached hydrogens (tertiary/aromatic N) is 1. The number of nitrogens with one attached hydrogen (secondary N) is 1. The molecule has 1 unspecified atom stereocenters. The zero-order chi connectivity index (χ0) is 20.8. The molecule has 1 atom stereocenters. The number of carbonyl (C=O) groups is 1. The number of rotatable bonds is 6. The molecule has 0 bridgehead atoms. The van der Waals surface area contributed by atoms with Gasteiger partial charge < -0.3 is 14.6 Å². The van der Waals surface area contributed by atoms with E-state index in [1.54, 1.807) is 0 Å². The van der Waals surface area contributed by atoms with E-state index in [0.29, 0.717) is 12.5 Å². The summed E-state index contributed by atoms with van der Waals surface area (Å²) in [5.74, 6) is 1.46. The van der Waals surface area contributed by atoms with E-state index < -0.39 is 0 Å². The van der Waals surface area contributed by atoms with E-state index in [9.17, 15) is 4.79 Å². The Bertz CT molecular complexity index is 1060. The molecule has 4 heteroatoms. The lowest BCUT2D eigenvalue weighted by Gasteiger charge is -2.32. The fourth-order valence-electron chi connectivity index (χ4n) is 4.67. The fraction of sp³-hybridized carbons (Fsp3) is 0.480. The van der Waals surface area contributed by atoms with E-state index in [1.165, 1.54) is 0 Å². The highest BCUT2D eigenvalue weighted by molar-refractivity contribution is 6.13. The number of aromatic nitrogens is 1. The Kier molecular flexibility index (Phi) is 5.16. The van der Waals surface area contributed by atoms with Gasteiger partial charge in [-0.15, -0.1) is 0 Å². The number of ether oxygens (including phenoxy) is 1. The highest BCUT2D eigenvalue weighted by Crippen LogP contribution is 2.40. The molecule has 29 heavy (non-hydrogen) atoms. The lowest BCUT2D eigenvalue weighted by molar-refractivity contribution is 0.103. The number of hydrogen-bond donors (Lipinski definition) is 1. The van der Waals surface area contributed by atoms with E-state index >= 15 is 0 Å². The molecule has 0 aliphatic heterocycles. The normalized spacial score (nSPS) is 19.1. The topological polar surface area (TPSA) is 45.3 Å². The first-order valence-electron chi connectivity index (χ1n) is 10.9. The van der Waals surface area contributed by atoms with Crippen molar-refractivity contribution in [2.24, 2.45) is 5.92 Å². The van der Waals surface area contributed by atoms with Crippen LogP contribution in [-0.2, 0) is 5.41 Å². The lowest BCUT2D eigenvalue weighted by atomic mass is 9.71. The summed E-state index contributed by atoms with van der Waals surface area (Å²) in [7, 11) is 0. The van der Waals surface area contributed by atoms with Gasteiger partial charge in [0, 0.05) is 33.8 Å². The van der Waals surface area contributed by atoms with E-state index in [1.807, 2.05) is 12.1 Å². The van der Waals surface area contributed by atoms with E-state index in [4.69, 9.17) is 4.74 Å². The minimum absolute atomic E-state index is 0.126. The molecule has 2 aromatic rings. The van der Waals surface area contributed by atoms with E-state index in [0.717, 1.165) is 64.8 Å². The van der Waals surface area contributed by atoms with Gasteiger partial charge in [0.05, 0.1) is 5.56 Å². The van der Waals surface area contributed by atoms with Crippen LogP contribution in [0.25, 0.3) is 12.2 Å². The Morgan fingerprint density at radius 2 is 2.00 bits per heavy atom. The molecule has 2 aliphatic carbocycles. The summed E-state index contributed by atoms with van der Waals surface area (Å²) in [6.45, 7) is 14.5. The van der Waals surface area contributed by atoms with Crippen molar-refractivity contribution in [3.63, 3.8) is 0 Å². The van der Waals surface area contributed by atoms with Crippen LogP contribution >= 0.6 is 0 Å². The van der Waals surface area contributed by atoms with E-state index in [-0.39, 0.29) is 11.2 Å². The number of aromatic amines is 1. The largest absolute Gasteiger partial charge is 0.492 e. The van der Waals surface area contributed by atoms with Crippen LogP contribution in [0.1, 0.15) is 68.2 Å². The molecule has 0 fully saturated rings. The fourth-order valence-corrected chi connectivity index (χ4v) is 4.67. The quantitative estimate of drug-likeness (QED) is 0.821. The van der Waals surface area contributed by atoms with Crippen molar-refractivity contribution < 1.29 is 9.53 Å². The highest BCUT2D eigenvalue weighted by atomic mass is 16.5. The Hall–Kier alpha value is -2.33. The predicted octanol–water partition coefficient (Wildman–Crippen LogP) is 3.21. The van der Waals surface area contributed by atoms with Crippen molar-refractivity contribution in [2.45, 2.75) is 46.5 Å². The van der Waals surface area contributed by atoms with Gasteiger partial charge >= 0.3 is 0 Å². The van der Waals surface area contributed by atoms with Gasteiger partial charge in [-0.3, -0.25) is 4.79 Å². The van der Waals surface area contributed by atoms with Crippen LogP contribution in [-0.4, -0.2) is 41.9 Å². The van der Waals surface area contributed by atoms with Crippen LogP contribution < -0.4 is 15.3 Å². The molecule has 4 rings (SSSR count). The van der Waals surface area contributed by atoms with Crippen molar-refractivity contribution in [2.75, 3.05) is 26.2 Å². The summed E-state index contributed by atoms with van der Waals surface area (Å²) in [6, 6.07) is 5.95. The minimum atomic E-state index is -0.279. The molecule has 0 amide bonds. The second kappa shape index (κ2) is 7.49. The van der Waals surface area contributed by atoms with Crippen molar-refractivity contribution in [3.8, 4) is 5.75 Å². The molecule has 0 saturated carbocycles. The molecule has 1 N–H and O–H groups in total. The third kappa shape index (κ3) is 3.33. The predicted molar refractivity (Wildman–Crippen MR) is 118 cm³/mol. The summed E-state index contributed by atoms with van der Waals surface area (Å²) >= 11 is 0. The second-order valence-corrected chi connectivity index (χ2v) is 8.82. The Labute approximate surface area is 173 Å². The second-order valence-electron chi connectivity index (χ2n) is 8.82. The Balaban J connectivity index is 1.70. The first kappa shape index (κ1) is 20.0. The standard InChI is InChI=1S/C25H32N2O2/c1-6-27(7-2)12-13-29-17-9-11-18-20(15-17)25(4,5)24-22(23(18)28)19-10-8-16(3)14-21(19)26-24/h9-11,14-16,26H,6-8,12-13H2,1-5H3. The van der Waals surface area contributed by atoms with Crippen molar-refractivity contribution >= 4 is 17.9 Å². The van der Waals surface area contributed by atoms with Crippen LogP contribution in [0.15, 0.2) is 18.2 Å². The van der Waals surface area contributed by atoms with Crippen molar-refractivity contribution in [3.05, 3.63) is 51.2 Å². The zero-order valence-corrected chi connectivity index (χ0v) is 18.3. The summed E-state index contributed by atoms with van der Waals surface area (Å²) in [6.07, 6.45) is 5.46. The van der Waals surface area contributed by atoms with Gasteiger partial charge in [0.15, 0.2) is 5.78 Å². The van der Waals surface area contributed by atoms with Crippen LogP contribution in [0.4, 0.5) is 0 Å². The molecule has 154 valence electrons. The number of hydrogen-bond acceptors (Lipinski definition) is 3.